The minimum Gasteiger partial charge on any atom is -0.481 e. The van der Waals surface area contributed by atoms with E-state index in [0.717, 1.165) is 0 Å². The summed E-state index contributed by atoms with van der Waals surface area (Å²) in [6.07, 6.45) is 3.56. The number of nitrogens with one attached hydrogen (secondary N) is 1. The van der Waals surface area contributed by atoms with Crippen molar-refractivity contribution >= 4 is 11.9 Å². The maximum absolute atomic E-state index is 12.9. The number of benzene rings is 1. The molecule has 3 rings (SSSR count). The molecule has 2 aromatic heterocycles. The summed E-state index contributed by atoms with van der Waals surface area (Å²) in [6, 6.07) is 7.06. The third kappa shape index (κ3) is 3.51. The second kappa shape index (κ2) is 6.82. The van der Waals surface area contributed by atoms with Gasteiger partial charge in [0.05, 0.1) is 0 Å². The average molecular weight is 328 g/mol. The molecule has 0 aliphatic rings. The maximum Gasteiger partial charge on any atom is 0.267 e. The van der Waals surface area contributed by atoms with Gasteiger partial charge < -0.3 is 4.74 Å². The molecule has 2 heterocycles. The molecule has 3 aromatic rings. The highest BCUT2D eigenvalue weighted by molar-refractivity contribution is 5.92. The van der Waals surface area contributed by atoms with Gasteiger partial charge in [-0.1, -0.05) is 0 Å². The van der Waals surface area contributed by atoms with Gasteiger partial charge in [0.25, 0.3) is 11.9 Å². The van der Waals surface area contributed by atoms with Crippen molar-refractivity contribution in [2.75, 3.05) is 5.32 Å². The smallest absolute Gasteiger partial charge is 0.267 e. The van der Waals surface area contributed by atoms with E-state index in [1.165, 1.54) is 35.3 Å². The molecule has 0 saturated heterocycles. The van der Waals surface area contributed by atoms with Gasteiger partial charge in [-0.3, -0.25) is 10.1 Å². The zero-order valence-electron chi connectivity index (χ0n) is 12.6. The van der Waals surface area contributed by atoms with Crippen LogP contribution in [0.3, 0.4) is 0 Å². The molecule has 0 spiro atoms. The van der Waals surface area contributed by atoms with Crippen molar-refractivity contribution < 1.29 is 13.9 Å². The van der Waals surface area contributed by atoms with E-state index in [2.05, 4.69) is 25.4 Å². The highest BCUT2D eigenvalue weighted by atomic mass is 19.1. The van der Waals surface area contributed by atoms with E-state index >= 15 is 0 Å². The van der Waals surface area contributed by atoms with E-state index in [4.69, 9.17) is 4.74 Å². The van der Waals surface area contributed by atoms with Crippen molar-refractivity contribution in [2.45, 2.75) is 13.0 Å². The van der Waals surface area contributed by atoms with Crippen LogP contribution in [-0.4, -0.2) is 36.7 Å². The molecule has 1 unspecified atom stereocenters. The third-order valence-corrected chi connectivity index (χ3v) is 3.02. The Balaban J connectivity index is 1.69. The molecule has 1 atom stereocenters. The molecule has 24 heavy (non-hydrogen) atoms. The van der Waals surface area contributed by atoms with Crippen LogP contribution >= 0.6 is 0 Å². The molecule has 0 fully saturated rings. The van der Waals surface area contributed by atoms with Crippen molar-refractivity contribution in [3.8, 4) is 11.7 Å². The number of amides is 1. The van der Waals surface area contributed by atoms with Gasteiger partial charge in [-0.25, -0.2) is 14.4 Å². The molecule has 1 amide bonds. The molecule has 0 aliphatic carbocycles. The Kier molecular flexibility index (Phi) is 4.41. The number of aromatic nitrogens is 5. The summed E-state index contributed by atoms with van der Waals surface area (Å²) in [6.45, 7) is 1.57. The second-order valence-corrected chi connectivity index (χ2v) is 4.75. The third-order valence-electron chi connectivity index (χ3n) is 3.02. The van der Waals surface area contributed by atoms with Crippen LogP contribution in [0.1, 0.15) is 6.92 Å². The first-order chi connectivity index (χ1) is 11.6. The molecule has 9 heteroatoms. The Morgan fingerprint density at radius 1 is 1.21 bits per heavy atom. The summed E-state index contributed by atoms with van der Waals surface area (Å²) in [7, 11) is 0. The Hall–Kier alpha value is -3.36. The predicted octanol–water partition coefficient (Wildman–Crippen LogP) is 1.60. The first-order valence-corrected chi connectivity index (χ1v) is 7.04. The molecule has 0 bridgehead atoms. The van der Waals surface area contributed by atoms with Crippen LogP contribution in [0.25, 0.3) is 5.95 Å². The fourth-order valence-corrected chi connectivity index (χ4v) is 1.86. The molecule has 1 aromatic carbocycles. The summed E-state index contributed by atoms with van der Waals surface area (Å²) in [4.78, 5) is 24.3. The number of rotatable bonds is 5. The maximum atomic E-state index is 12.9. The summed E-state index contributed by atoms with van der Waals surface area (Å²) in [5.74, 6) is 0.00463. The van der Waals surface area contributed by atoms with Crippen LogP contribution in [-0.2, 0) is 4.79 Å². The van der Waals surface area contributed by atoms with Gasteiger partial charge in [0.15, 0.2) is 6.10 Å². The fraction of sp³-hybridized carbons (Fsp3) is 0.133. The van der Waals surface area contributed by atoms with Crippen LogP contribution in [0.15, 0.2) is 49.1 Å². The normalized spacial score (nSPS) is 11.8. The molecule has 1 N–H and O–H groups in total. The summed E-state index contributed by atoms with van der Waals surface area (Å²) in [5, 5.41) is 6.57. The fourth-order valence-electron chi connectivity index (χ4n) is 1.86. The van der Waals surface area contributed by atoms with Crippen molar-refractivity contribution in [1.82, 2.24) is 24.7 Å². The summed E-state index contributed by atoms with van der Waals surface area (Å²) < 4.78 is 19.6. The largest absolute Gasteiger partial charge is 0.481 e. The highest BCUT2D eigenvalue weighted by Gasteiger charge is 2.18. The molecular weight excluding hydrogens is 315 g/mol. The van der Waals surface area contributed by atoms with Crippen LogP contribution < -0.4 is 10.1 Å². The van der Waals surface area contributed by atoms with Crippen LogP contribution in [0.5, 0.6) is 5.75 Å². The Morgan fingerprint density at radius 2 is 1.92 bits per heavy atom. The van der Waals surface area contributed by atoms with Gasteiger partial charge in [-0.2, -0.15) is 14.8 Å². The first-order valence-electron chi connectivity index (χ1n) is 7.04. The number of ether oxygens (including phenoxy) is 1. The minimum absolute atomic E-state index is 0.167. The Bertz CT molecular complexity index is 821. The van der Waals surface area contributed by atoms with Gasteiger partial charge in [-0.15, -0.1) is 0 Å². The standard InChI is InChI=1S/C15H13FN6O2/c1-10(24-12-5-3-11(16)4-6-12)13(23)21-15-19-9-20-22(15)14-17-7-2-8-18-14/h2-10H,1H3,(H,19,20,21,23). The summed E-state index contributed by atoms with van der Waals surface area (Å²) in [5.41, 5.74) is 0. The lowest BCUT2D eigenvalue weighted by molar-refractivity contribution is -0.122. The van der Waals surface area contributed by atoms with Gasteiger partial charge >= 0.3 is 0 Å². The van der Waals surface area contributed by atoms with Crippen molar-refractivity contribution in [1.29, 1.82) is 0 Å². The van der Waals surface area contributed by atoms with Crippen molar-refractivity contribution in [2.24, 2.45) is 0 Å². The topological polar surface area (TPSA) is 94.8 Å². The molecule has 0 radical (unpaired) electrons. The molecule has 0 aliphatic heterocycles. The molecule has 122 valence electrons. The minimum atomic E-state index is -0.822. The Labute approximate surface area is 136 Å². The highest BCUT2D eigenvalue weighted by Crippen LogP contribution is 2.14. The van der Waals surface area contributed by atoms with E-state index < -0.39 is 12.0 Å². The van der Waals surface area contributed by atoms with Gasteiger partial charge in [-0.05, 0) is 37.3 Å². The van der Waals surface area contributed by atoms with E-state index in [0.29, 0.717) is 5.75 Å². The van der Waals surface area contributed by atoms with Crippen LogP contribution in [0, 0.1) is 5.82 Å². The van der Waals surface area contributed by atoms with E-state index in [1.807, 2.05) is 0 Å². The number of hydrogen-bond donors (Lipinski definition) is 1. The van der Waals surface area contributed by atoms with Crippen molar-refractivity contribution in [3.63, 3.8) is 0 Å². The number of anilines is 1. The molecule has 8 nitrogen and oxygen atoms in total. The average Bonchev–Trinajstić information content (AvgIpc) is 3.05. The van der Waals surface area contributed by atoms with Gasteiger partial charge in [0.1, 0.15) is 17.9 Å². The lowest BCUT2D eigenvalue weighted by Gasteiger charge is -2.14. The quantitative estimate of drug-likeness (QED) is 0.764. The first kappa shape index (κ1) is 15.5. The summed E-state index contributed by atoms with van der Waals surface area (Å²) >= 11 is 0. The zero-order valence-corrected chi connectivity index (χ0v) is 12.6. The van der Waals surface area contributed by atoms with Crippen LogP contribution in [0.4, 0.5) is 10.3 Å². The lowest BCUT2D eigenvalue weighted by Crippen LogP contribution is -2.31. The molecule has 0 saturated carbocycles. The van der Waals surface area contributed by atoms with E-state index in [1.54, 1.807) is 25.4 Å². The van der Waals surface area contributed by atoms with Crippen LogP contribution in [0.2, 0.25) is 0 Å². The molecular formula is C15H13FN6O2. The number of carbonyl (C=O) groups excluding carboxylic acids is 1. The van der Waals surface area contributed by atoms with Crippen molar-refractivity contribution in [3.05, 3.63) is 54.9 Å². The lowest BCUT2D eigenvalue weighted by atomic mass is 10.3. The number of hydrogen-bond acceptors (Lipinski definition) is 6. The van der Waals surface area contributed by atoms with E-state index in [-0.39, 0.29) is 17.7 Å². The van der Waals surface area contributed by atoms with Gasteiger partial charge in [0.2, 0.25) is 5.95 Å². The SMILES string of the molecule is CC(Oc1ccc(F)cc1)C(=O)Nc1ncnn1-c1ncccn1. The zero-order chi connectivity index (χ0) is 16.9. The van der Waals surface area contributed by atoms with E-state index in [9.17, 15) is 9.18 Å². The second-order valence-electron chi connectivity index (χ2n) is 4.75. The number of nitrogens with zero attached hydrogens (tertiary/aromatic N) is 5. The number of halogens is 1. The van der Waals surface area contributed by atoms with Gasteiger partial charge in [0, 0.05) is 12.4 Å². The predicted molar refractivity (Wildman–Crippen MR) is 82.1 cm³/mol. The number of carbonyl (C=O) groups is 1. The monoisotopic (exact) mass is 328 g/mol. The Morgan fingerprint density at radius 3 is 2.62 bits per heavy atom.